The van der Waals surface area contributed by atoms with E-state index < -0.39 is 13.2 Å². The number of benzene rings is 4. The van der Waals surface area contributed by atoms with Crippen molar-refractivity contribution < 1.29 is 22.3 Å². The summed E-state index contributed by atoms with van der Waals surface area (Å²) >= 11 is 0. The molecule has 0 bridgehead atoms. The molecule has 0 saturated heterocycles. The highest BCUT2D eigenvalue weighted by Gasteiger charge is 2.45. The van der Waals surface area contributed by atoms with Crippen LogP contribution in [0.25, 0.3) is 0 Å². The third-order valence-electron chi connectivity index (χ3n) is 5.25. The van der Waals surface area contributed by atoms with Crippen molar-refractivity contribution in [1.82, 2.24) is 0 Å². The summed E-state index contributed by atoms with van der Waals surface area (Å²) in [5.41, 5.74) is 1.24. The monoisotopic (exact) mass is 432 g/mol. The topological polar surface area (TPSA) is 37.3 Å². The van der Waals surface area contributed by atoms with E-state index >= 15 is 0 Å². The Morgan fingerprint density at radius 2 is 0.967 bits per heavy atom. The number of aromatic carboxylic acids is 1. The molecule has 2 nitrogen and oxygen atoms in total. The predicted molar refractivity (Wildman–Crippen MR) is 122 cm³/mol. The van der Waals surface area contributed by atoms with E-state index in [9.17, 15) is 9.90 Å². The highest BCUT2D eigenvalue weighted by Crippen LogP contribution is 2.58. The van der Waals surface area contributed by atoms with Gasteiger partial charge < -0.3 is 17.5 Å². The van der Waals surface area contributed by atoms with Gasteiger partial charge in [-0.2, -0.15) is 0 Å². The zero-order valence-electron chi connectivity index (χ0n) is 16.4. The van der Waals surface area contributed by atoms with Crippen molar-refractivity contribution in [2.45, 2.75) is 6.16 Å². The fraction of sp³-hybridized carbons (Fsp3) is 0.0385. The van der Waals surface area contributed by atoms with Crippen molar-refractivity contribution in [2.24, 2.45) is 0 Å². The Kier molecular flexibility index (Phi) is 7.05. The van der Waals surface area contributed by atoms with Gasteiger partial charge in [0.25, 0.3) is 0 Å². The van der Waals surface area contributed by atoms with Crippen LogP contribution in [0.1, 0.15) is 15.9 Å². The summed E-state index contributed by atoms with van der Waals surface area (Å²) in [4.78, 5) is 11.9. The first kappa shape index (κ1) is 21.8. The molecule has 4 heteroatoms. The number of carboxylic acids is 1. The van der Waals surface area contributed by atoms with Crippen molar-refractivity contribution in [2.75, 3.05) is 0 Å². The van der Waals surface area contributed by atoms with Gasteiger partial charge in [0.2, 0.25) is 0 Å². The lowest BCUT2D eigenvalue weighted by Crippen LogP contribution is -3.00. The molecular formula is C26H22ClO2P. The quantitative estimate of drug-likeness (QED) is 0.472. The van der Waals surface area contributed by atoms with E-state index in [-0.39, 0.29) is 12.4 Å². The van der Waals surface area contributed by atoms with Crippen LogP contribution in [0.2, 0.25) is 0 Å². The maximum Gasteiger partial charge on any atom is 0.336 e. The molecule has 4 aromatic rings. The van der Waals surface area contributed by atoms with Gasteiger partial charge in [-0.3, -0.25) is 0 Å². The lowest BCUT2D eigenvalue weighted by molar-refractivity contribution is -0.0000213. The number of hydrogen-bond acceptors (Lipinski definition) is 1. The standard InChI is InChI=1S/C26H21O2P.ClH/c27-26(28)25-19-11-10-12-21(25)20-29(22-13-4-1-5-14-22,23-15-6-2-7-16-23)24-17-8-3-9-18-24;/h1-19H,20H2;1H. The minimum Gasteiger partial charge on any atom is -1.00 e. The summed E-state index contributed by atoms with van der Waals surface area (Å²) in [5, 5.41) is 13.5. The van der Waals surface area contributed by atoms with Crippen LogP contribution in [-0.4, -0.2) is 11.1 Å². The van der Waals surface area contributed by atoms with E-state index in [0.717, 1.165) is 5.56 Å². The van der Waals surface area contributed by atoms with Gasteiger partial charge in [-0.25, -0.2) is 4.79 Å². The summed E-state index contributed by atoms with van der Waals surface area (Å²) in [5.74, 6) is -0.882. The summed E-state index contributed by atoms with van der Waals surface area (Å²) in [6.45, 7) is 0. The van der Waals surface area contributed by atoms with E-state index in [1.165, 1.54) is 15.9 Å². The molecule has 0 heterocycles. The third-order valence-corrected chi connectivity index (χ3v) is 9.60. The second-order valence-electron chi connectivity index (χ2n) is 6.94. The summed E-state index contributed by atoms with van der Waals surface area (Å²) in [6, 6.07) is 38.9. The lowest BCUT2D eigenvalue weighted by atomic mass is 10.1. The highest BCUT2D eigenvalue weighted by atomic mass is 35.5. The molecule has 0 fully saturated rings. The van der Waals surface area contributed by atoms with Crippen LogP contribution in [0.4, 0.5) is 0 Å². The fourth-order valence-electron chi connectivity index (χ4n) is 3.89. The molecule has 0 spiro atoms. The lowest BCUT2D eigenvalue weighted by Gasteiger charge is -2.28. The SMILES string of the molecule is O=C(O)c1ccccc1C[P+](c1ccccc1)(c1ccccc1)c1ccccc1.[Cl-]. The van der Waals surface area contributed by atoms with Crippen molar-refractivity contribution in [3.8, 4) is 0 Å². The van der Waals surface area contributed by atoms with E-state index in [0.29, 0.717) is 11.7 Å². The van der Waals surface area contributed by atoms with Gasteiger partial charge in [0.05, 0.1) is 11.7 Å². The van der Waals surface area contributed by atoms with Gasteiger partial charge in [-0.1, -0.05) is 72.8 Å². The Bertz CT molecular complexity index is 1000. The molecule has 0 radical (unpaired) electrons. The summed E-state index contributed by atoms with van der Waals surface area (Å²) in [6.07, 6.45) is 0.660. The molecule has 0 atom stereocenters. The Hall–Kier alpha value is -2.93. The van der Waals surface area contributed by atoms with Crippen LogP contribution in [0.3, 0.4) is 0 Å². The maximum absolute atomic E-state index is 11.9. The largest absolute Gasteiger partial charge is 1.00 e. The molecule has 0 saturated carbocycles. The molecule has 0 aliphatic carbocycles. The number of halogens is 1. The predicted octanol–water partition coefficient (Wildman–Crippen LogP) is 1.88. The molecule has 0 unspecified atom stereocenters. The number of carbonyl (C=O) groups is 1. The second kappa shape index (κ2) is 9.71. The van der Waals surface area contributed by atoms with Crippen LogP contribution in [0.15, 0.2) is 115 Å². The Morgan fingerprint density at radius 1 is 0.600 bits per heavy atom. The van der Waals surface area contributed by atoms with E-state index in [1.807, 2.05) is 30.3 Å². The molecule has 0 aromatic heterocycles. The Morgan fingerprint density at radius 3 is 1.37 bits per heavy atom. The van der Waals surface area contributed by atoms with Crippen LogP contribution in [-0.2, 0) is 6.16 Å². The van der Waals surface area contributed by atoms with Crippen LogP contribution < -0.4 is 28.3 Å². The molecule has 4 aromatic carbocycles. The van der Waals surface area contributed by atoms with Gasteiger partial charge in [0.1, 0.15) is 23.2 Å². The van der Waals surface area contributed by atoms with E-state index in [2.05, 4.69) is 72.8 Å². The molecular weight excluding hydrogens is 411 g/mol. The van der Waals surface area contributed by atoms with Gasteiger partial charge >= 0.3 is 5.97 Å². The molecule has 0 aliphatic heterocycles. The van der Waals surface area contributed by atoms with Crippen molar-refractivity contribution in [1.29, 1.82) is 0 Å². The number of carboxylic acid groups (broad SMARTS) is 1. The molecule has 0 amide bonds. The summed E-state index contributed by atoms with van der Waals surface area (Å²) in [7, 11) is -2.11. The second-order valence-corrected chi connectivity index (χ2v) is 10.4. The first-order valence-electron chi connectivity index (χ1n) is 9.58. The normalized spacial score (nSPS) is 10.8. The molecule has 30 heavy (non-hydrogen) atoms. The van der Waals surface area contributed by atoms with Gasteiger partial charge in [-0.05, 0) is 42.5 Å². The number of hydrogen-bond donors (Lipinski definition) is 1. The van der Waals surface area contributed by atoms with E-state index in [4.69, 9.17) is 0 Å². The van der Waals surface area contributed by atoms with Crippen LogP contribution >= 0.6 is 7.26 Å². The van der Waals surface area contributed by atoms with Crippen LogP contribution in [0.5, 0.6) is 0 Å². The zero-order valence-corrected chi connectivity index (χ0v) is 18.0. The summed E-state index contributed by atoms with van der Waals surface area (Å²) < 4.78 is 0. The van der Waals surface area contributed by atoms with Crippen molar-refractivity contribution in [3.05, 3.63) is 126 Å². The van der Waals surface area contributed by atoms with E-state index in [1.54, 1.807) is 12.1 Å². The maximum atomic E-state index is 11.9. The molecule has 150 valence electrons. The van der Waals surface area contributed by atoms with Crippen molar-refractivity contribution in [3.63, 3.8) is 0 Å². The zero-order chi connectivity index (χ0) is 20.1. The first-order chi connectivity index (χ1) is 14.2. The average Bonchev–Trinajstić information content (AvgIpc) is 2.79. The molecule has 4 rings (SSSR count). The highest BCUT2D eigenvalue weighted by molar-refractivity contribution is 7.95. The fourth-order valence-corrected chi connectivity index (χ4v) is 8.16. The van der Waals surface area contributed by atoms with Gasteiger partial charge in [0, 0.05) is 5.56 Å². The Labute approximate surface area is 184 Å². The van der Waals surface area contributed by atoms with Gasteiger partial charge in [-0.15, -0.1) is 0 Å². The van der Waals surface area contributed by atoms with Crippen LogP contribution in [0, 0.1) is 0 Å². The molecule has 0 aliphatic rings. The minimum atomic E-state index is -2.11. The smallest absolute Gasteiger partial charge is 0.336 e. The minimum absolute atomic E-state index is 0. The molecule has 1 N–H and O–H groups in total. The first-order valence-corrected chi connectivity index (χ1v) is 11.6. The average molecular weight is 433 g/mol. The number of rotatable bonds is 6. The third kappa shape index (κ3) is 4.16. The Balaban J connectivity index is 0.00000256. The van der Waals surface area contributed by atoms with Crippen molar-refractivity contribution >= 4 is 29.1 Å². The van der Waals surface area contributed by atoms with Gasteiger partial charge in [0.15, 0.2) is 0 Å².